The number of rotatable bonds is 7. The molecular formula is C10H20N2O4S. The minimum absolute atomic E-state index is 0.262. The number of urea groups is 1. The van der Waals surface area contributed by atoms with Crippen molar-refractivity contribution >= 4 is 22.8 Å². The summed E-state index contributed by atoms with van der Waals surface area (Å²) in [6.07, 6.45) is 2.16. The summed E-state index contributed by atoms with van der Waals surface area (Å²) < 4.78 is 10.8. The summed E-state index contributed by atoms with van der Waals surface area (Å²) in [5.41, 5.74) is -1.23. The van der Waals surface area contributed by atoms with E-state index in [2.05, 4.69) is 10.6 Å². The average Bonchev–Trinajstić information content (AvgIpc) is 2.25. The van der Waals surface area contributed by atoms with Crippen LogP contribution in [0.1, 0.15) is 26.7 Å². The molecule has 0 heterocycles. The lowest BCUT2D eigenvalue weighted by atomic mass is 9.93. The summed E-state index contributed by atoms with van der Waals surface area (Å²) in [4.78, 5) is 22.6. The molecule has 2 amide bonds. The number of amides is 2. The van der Waals surface area contributed by atoms with Crippen LogP contribution in [0.5, 0.6) is 0 Å². The van der Waals surface area contributed by atoms with Gasteiger partial charge < -0.3 is 15.7 Å². The molecule has 0 aromatic rings. The van der Waals surface area contributed by atoms with Crippen LogP contribution in [-0.2, 0) is 15.6 Å². The second-order valence-electron chi connectivity index (χ2n) is 3.75. The molecule has 7 heteroatoms. The highest BCUT2D eigenvalue weighted by molar-refractivity contribution is 7.84. The molecule has 0 aliphatic heterocycles. The number of carboxylic acids is 1. The number of hydrogen-bond donors (Lipinski definition) is 3. The maximum absolute atomic E-state index is 11.5. The third-order valence-electron chi connectivity index (χ3n) is 2.64. The maximum Gasteiger partial charge on any atom is 0.329 e. The molecular weight excluding hydrogens is 244 g/mol. The Morgan fingerprint density at radius 3 is 2.18 bits per heavy atom. The van der Waals surface area contributed by atoms with Crippen LogP contribution >= 0.6 is 0 Å². The van der Waals surface area contributed by atoms with Crippen molar-refractivity contribution in [1.82, 2.24) is 10.6 Å². The van der Waals surface area contributed by atoms with Gasteiger partial charge in [-0.15, -0.1) is 0 Å². The van der Waals surface area contributed by atoms with Gasteiger partial charge >= 0.3 is 12.0 Å². The topological polar surface area (TPSA) is 95.5 Å². The highest BCUT2D eigenvalue weighted by Gasteiger charge is 2.36. The monoisotopic (exact) mass is 264 g/mol. The van der Waals surface area contributed by atoms with Crippen molar-refractivity contribution in [2.45, 2.75) is 32.2 Å². The van der Waals surface area contributed by atoms with Gasteiger partial charge in [-0.2, -0.15) is 0 Å². The highest BCUT2D eigenvalue weighted by Crippen LogP contribution is 2.14. The Morgan fingerprint density at radius 2 is 1.82 bits per heavy atom. The number of carbonyl (C=O) groups is 2. The summed E-state index contributed by atoms with van der Waals surface area (Å²) in [5.74, 6) is -0.692. The lowest BCUT2D eigenvalue weighted by Crippen LogP contribution is -2.56. The standard InChI is InChI=1S/C10H20N2O4S/c1-4-10(5-2,8(13)14)12-9(15)11-6-7-17(3)16/h4-7H2,1-3H3,(H,13,14)(H2,11,12,15). The van der Waals surface area contributed by atoms with Gasteiger partial charge in [0, 0.05) is 29.4 Å². The van der Waals surface area contributed by atoms with Gasteiger partial charge in [0.05, 0.1) is 0 Å². The lowest BCUT2D eigenvalue weighted by molar-refractivity contribution is -0.144. The molecule has 3 N–H and O–H groups in total. The van der Waals surface area contributed by atoms with Gasteiger partial charge in [-0.3, -0.25) is 4.21 Å². The quantitative estimate of drug-likeness (QED) is 0.616. The Labute approximate surface area is 104 Å². The first-order chi connectivity index (χ1) is 7.88. The van der Waals surface area contributed by atoms with Crippen LogP contribution in [0.2, 0.25) is 0 Å². The second kappa shape index (κ2) is 7.26. The van der Waals surface area contributed by atoms with Crippen LogP contribution in [0, 0.1) is 0 Å². The Bertz CT molecular complexity index is 303. The van der Waals surface area contributed by atoms with E-state index in [1.54, 1.807) is 20.1 Å². The third-order valence-corrected chi connectivity index (χ3v) is 3.42. The van der Waals surface area contributed by atoms with Crippen LogP contribution < -0.4 is 10.6 Å². The van der Waals surface area contributed by atoms with Gasteiger partial charge in [-0.1, -0.05) is 13.8 Å². The number of carbonyl (C=O) groups excluding carboxylic acids is 1. The van der Waals surface area contributed by atoms with E-state index in [4.69, 9.17) is 5.11 Å². The minimum Gasteiger partial charge on any atom is -0.480 e. The number of aliphatic carboxylic acids is 1. The van der Waals surface area contributed by atoms with Gasteiger partial charge in [0.2, 0.25) is 0 Å². The summed E-state index contributed by atoms with van der Waals surface area (Å²) in [6, 6.07) is -0.540. The zero-order valence-corrected chi connectivity index (χ0v) is 11.2. The molecule has 1 unspecified atom stereocenters. The van der Waals surface area contributed by atoms with Crippen molar-refractivity contribution in [3.63, 3.8) is 0 Å². The fourth-order valence-electron chi connectivity index (χ4n) is 1.35. The predicted octanol–water partition coefficient (Wildman–Crippen LogP) is 0.308. The van der Waals surface area contributed by atoms with E-state index in [1.165, 1.54) is 0 Å². The van der Waals surface area contributed by atoms with Crippen molar-refractivity contribution in [2.24, 2.45) is 0 Å². The van der Waals surface area contributed by atoms with E-state index in [0.29, 0.717) is 18.6 Å². The normalized spacial score (nSPS) is 12.9. The SMILES string of the molecule is CCC(CC)(NC(=O)NCCS(C)=O)C(=O)O. The van der Waals surface area contributed by atoms with Gasteiger partial charge in [0.1, 0.15) is 5.54 Å². The van der Waals surface area contributed by atoms with Gasteiger partial charge in [0.15, 0.2) is 0 Å². The number of hydrogen-bond acceptors (Lipinski definition) is 3. The van der Waals surface area contributed by atoms with Crippen LogP contribution in [0.3, 0.4) is 0 Å². The zero-order valence-electron chi connectivity index (χ0n) is 10.4. The van der Waals surface area contributed by atoms with Gasteiger partial charge in [-0.25, -0.2) is 9.59 Å². The Hall–Kier alpha value is -1.11. The maximum atomic E-state index is 11.5. The molecule has 1 atom stereocenters. The lowest BCUT2D eigenvalue weighted by Gasteiger charge is -2.28. The van der Waals surface area contributed by atoms with Gasteiger partial charge in [0.25, 0.3) is 0 Å². The fraction of sp³-hybridized carbons (Fsp3) is 0.800. The van der Waals surface area contributed by atoms with Crippen molar-refractivity contribution in [3.8, 4) is 0 Å². The molecule has 0 aromatic heterocycles. The molecule has 0 rings (SSSR count). The van der Waals surface area contributed by atoms with E-state index < -0.39 is 28.3 Å². The zero-order chi connectivity index (χ0) is 13.5. The van der Waals surface area contributed by atoms with Crippen molar-refractivity contribution in [1.29, 1.82) is 0 Å². The summed E-state index contributed by atoms with van der Waals surface area (Å²) in [6.45, 7) is 3.68. The first-order valence-corrected chi connectivity index (χ1v) is 7.20. The van der Waals surface area contributed by atoms with Crippen LogP contribution in [0.4, 0.5) is 4.79 Å². The fourth-order valence-corrected chi connectivity index (χ4v) is 1.74. The Kier molecular flexibility index (Phi) is 6.79. The molecule has 0 aromatic carbocycles. The highest BCUT2D eigenvalue weighted by atomic mass is 32.2. The Balaban J connectivity index is 4.32. The molecule has 0 saturated heterocycles. The molecule has 0 spiro atoms. The summed E-state index contributed by atoms with van der Waals surface area (Å²) in [5, 5.41) is 14.0. The molecule has 0 fully saturated rings. The summed E-state index contributed by atoms with van der Waals surface area (Å²) in [7, 11) is -0.976. The smallest absolute Gasteiger partial charge is 0.329 e. The van der Waals surface area contributed by atoms with Crippen molar-refractivity contribution < 1.29 is 18.9 Å². The van der Waals surface area contributed by atoms with E-state index in [0.717, 1.165) is 0 Å². The Morgan fingerprint density at radius 1 is 1.29 bits per heavy atom. The molecule has 0 aliphatic carbocycles. The molecule has 0 bridgehead atoms. The molecule has 0 saturated carbocycles. The number of nitrogens with one attached hydrogen (secondary N) is 2. The minimum atomic E-state index is -1.23. The van der Waals surface area contributed by atoms with E-state index in [1.807, 2.05) is 0 Å². The summed E-state index contributed by atoms with van der Waals surface area (Å²) >= 11 is 0. The van der Waals surface area contributed by atoms with Crippen LogP contribution in [0.25, 0.3) is 0 Å². The molecule has 6 nitrogen and oxygen atoms in total. The third kappa shape index (κ3) is 5.16. The average molecular weight is 264 g/mol. The van der Waals surface area contributed by atoms with Crippen LogP contribution in [-0.4, -0.2) is 45.4 Å². The molecule has 17 heavy (non-hydrogen) atoms. The van der Waals surface area contributed by atoms with E-state index in [-0.39, 0.29) is 6.54 Å². The van der Waals surface area contributed by atoms with Crippen molar-refractivity contribution in [3.05, 3.63) is 0 Å². The largest absolute Gasteiger partial charge is 0.480 e. The molecule has 0 aliphatic rings. The predicted molar refractivity (Wildman–Crippen MR) is 66.4 cm³/mol. The second-order valence-corrected chi connectivity index (χ2v) is 5.31. The van der Waals surface area contributed by atoms with Crippen LogP contribution in [0.15, 0.2) is 0 Å². The first kappa shape index (κ1) is 15.9. The van der Waals surface area contributed by atoms with Gasteiger partial charge in [-0.05, 0) is 12.8 Å². The van der Waals surface area contributed by atoms with Crippen molar-refractivity contribution in [2.75, 3.05) is 18.6 Å². The molecule has 0 radical (unpaired) electrons. The number of carboxylic acid groups (broad SMARTS) is 1. The molecule has 100 valence electrons. The van der Waals surface area contributed by atoms with E-state index >= 15 is 0 Å². The first-order valence-electron chi connectivity index (χ1n) is 5.47. The van der Waals surface area contributed by atoms with E-state index in [9.17, 15) is 13.8 Å².